The molecule has 0 fully saturated rings. The van der Waals surface area contributed by atoms with Crippen LogP contribution in [0.25, 0.3) is 5.57 Å². The molecule has 0 aliphatic carbocycles. The zero-order valence-electron chi connectivity index (χ0n) is 17.9. The molecule has 2 aliphatic rings. The number of nitrogens with zero attached hydrogens (tertiary/aromatic N) is 1. The lowest BCUT2D eigenvalue weighted by Crippen LogP contribution is -2.33. The maximum atomic E-state index is 14.6. The summed E-state index contributed by atoms with van der Waals surface area (Å²) in [4.78, 5) is 27.6. The van der Waals surface area contributed by atoms with Crippen LogP contribution in [0.5, 0.6) is 17.2 Å². The van der Waals surface area contributed by atoms with Crippen molar-refractivity contribution < 1.29 is 32.6 Å². The number of ether oxygens (including phenoxy) is 3. The van der Waals surface area contributed by atoms with Crippen molar-refractivity contribution in [3.8, 4) is 17.2 Å². The van der Waals surface area contributed by atoms with Crippen molar-refractivity contribution in [3.05, 3.63) is 83.6 Å². The van der Waals surface area contributed by atoms with Crippen LogP contribution >= 0.6 is 0 Å². The Labute approximate surface area is 193 Å². The average molecular weight is 464 g/mol. The van der Waals surface area contributed by atoms with Gasteiger partial charge in [0.05, 0.1) is 18.4 Å². The van der Waals surface area contributed by atoms with Crippen molar-refractivity contribution >= 4 is 28.8 Å². The molecule has 0 saturated heterocycles. The van der Waals surface area contributed by atoms with Crippen molar-refractivity contribution in [1.82, 2.24) is 0 Å². The molecule has 172 valence electrons. The number of para-hydroxylation sites is 1. The third kappa shape index (κ3) is 3.61. The second-order valence-electron chi connectivity index (χ2n) is 7.48. The van der Waals surface area contributed by atoms with Crippen LogP contribution in [-0.4, -0.2) is 32.1 Å². The number of anilines is 2. The maximum absolute atomic E-state index is 14.6. The Morgan fingerprint density at radius 3 is 2.44 bits per heavy atom. The molecule has 2 aliphatic heterocycles. The number of amides is 2. The number of imide groups is 1. The second-order valence-corrected chi connectivity index (χ2v) is 7.48. The zero-order chi connectivity index (χ0) is 23.8. The van der Waals surface area contributed by atoms with Crippen LogP contribution in [0.1, 0.15) is 5.56 Å². The Morgan fingerprint density at radius 2 is 1.68 bits per heavy atom. The summed E-state index contributed by atoms with van der Waals surface area (Å²) in [6.45, 7) is 0.800. The van der Waals surface area contributed by atoms with Gasteiger partial charge < -0.3 is 19.5 Å². The predicted octanol–water partition coefficient (Wildman–Crippen LogP) is 4.14. The maximum Gasteiger partial charge on any atom is 0.282 e. The second kappa shape index (κ2) is 8.51. The smallest absolute Gasteiger partial charge is 0.282 e. The van der Waals surface area contributed by atoms with E-state index in [2.05, 4.69) is 5.32 Å². The van der Waals surface area contributed by atoms with E-state index in [1.807, 2.05) is 0 Å². The first-order valence-electron chi connectivity index (χ1n) is 10.4. The van der Waals surface area contributed by atoms with Gasteiger partial charge in [-0.1, -0.05) is 18.2 Å². The van der Waals surface area contributed by atoms with E-state index in [9.17, 15) is 18.4 Å². The summed E-state index contributed by atoms with van der Waals surface area (Å²) in [6.07, 6.45) is 0. The number of methoxy groups -OCH3 is 1. The van der Waals surface area contributed by atoms with Gasteiger partial charge in [-0.15, -0.1) is 0 Å². The SMILES string of the molecule is COc1ccccc1C1=C(Nc2ccc3c(c2)OCCO3)C(=O)N(c2ccc(F)cc2F)C1=O. The quantitative estimate of drug-likeness (QED) is 0.572. The van der Waals surface area contributed by atoms with Gasteiger partial charge in [-0.2, -0.15) is 0 Å². The highest BCUT2D eigenvalue weighted by molar-refractivity contribution is 6.46. The molecule has 9 heteroatoms. The van der Waals surface area contributed by atoms with E-state index in [0.717, 1.165) is 12.1 Å². The van der Waals surface area contributed by atoms with Gasteiger partial charge in [0.15, 0.2) is 11.5 Å². The molecule has 0 saturated carbocycles. The Bertz CT molecular complexity index is 1350. The van der Waals surface area contributed by atoms with Crippen molar-refractivity contribution in [2.75, 3.05) is 30.5 Å². The van der Waals surface area contributed by atoms with E-state index in [0.29, 0.717) is 52.7 Å². The van der Waals surface area contributed by atoms with Gasteiger partial charge in [-0.25, -0.2) is 13.7 Å². The normalized spacial score (nSPS) is 15.1. The first-order valence-corrected chi connectivity index (χ1v) is 10.4. The molecule has 0 bridgehead atoms. The zero-order valence-corrected chi connectivity index (χ0v) is 17.9. The lowest BCUT2D eigenvalue weighted by atomic mass is 10.0. The van der Waals surface area contributed by atoms with Gasteiger partial charge in [0.1, 0.15) is 36.3 Å². The molecule has 34 heavy (non-hydrogen) atoms. The van der Waals surface area contributed by atoms with Crippen LogP contribution in [0.3, 0.4) is 0 Å². The number of rotatable bonds is 5. The highest BCUT2D eigenvalue weighted by Gasteiger charge is 2.42. The summed E-state index contributed by atoms with van der Waals surface area (Å²) in [5.41, 5.74) is 0.335. The van der Waals surface area contributed by atoms with Crippen molar-refractivity contribution in [1.29, 1.82) is 0 Å². The van der Waals surface area contributed by atoms with E-state index < -0.39 is 23.4 Å². The van der Waals surface area contributed by atoms with Gasteiger partial charge in [0.25, 0.3) is 11.8 Å². The van der Waals surface area contributed by atoms with Crippen LogP contribution in [0.15, 0.2) is 66.4 Å². The van der Waals surface area contributed by atoms with Crippen molar-refractivity contribution in [3.63, 3.8) is 0 Å². The molecule has 0 atom stereocenters. The number of benzene rings is 3. The highest BCUT2D eigenvalue weighted by atomic mass is 19.1. The molecular formula is C25H18F2N2O5. The Balaban J connectivity index is 1.63. The highest BCUT2D eigenvalue weighted by Crippen LogP contribution is 2.39. The molecule has 3 aromatic carbocycles. The fourth-order valence-corrected chi connectivity index (χ4v) is 3.89. The topological polar surface area (TPSA) is 77.1 Å². The largest absolute Gasteiger partial charge is 0.496 e. The summed E-state index contributed by atoms with van der Waals surface area (Å²) >= 11 is 0. The van der Waals surface area contributed by atoms with Crippen LogP contribution in [-0.2, 0) is 9.59 Å². The molecule has 0 aromatic heterocycles. The van der Waals surface area contributed by atoms with Gasteiger partial charge in [0.2, 0.25) is 0 Å². The monoisotopic (exact) mass is 464 g/mol. The minimum atomic E-state index is -1.04. The number of hydrogen-bond acceptors (Lipinski definition) is 6. The third-order valence-corrected chi connectivity index (χ3v) is 5.42. The molecule has 1 N–H and O–H groups in total. The predicted molar refractivity (Wildman–Crippen MR) is 120 cm³/mol. The van der Waals surface area contributed by atoms with Crippen molar-refractivity contribution in [2.45, 2.75) is 0 Å². The number of carbonyl (C=O) groups excluding carboxylic acids is 2. The lowest BCUT2D eigenvalue weighted by molar-refractivity contribution is -0.120. The Morgan fingerprint density at radius 1 is 0.912 bits per heavy atom. The molecule has 7 nitrogen and oxygen atoms in total. The molecule has 0 radical (unpaired) electrons. The number of nitrogens with one attached hydrogen (secondary N) is 1. The molecule has 0 spiro atoms. The minimum absolute atomic E-state index is 0.0129. The summed E-state index contributed by atoms with van der Waals surface area (Å²) in [7, 11) is 1.44. The van der Waals surface area contributed by atoms with Gasteiger partial charge in [-0.05, 0) is 30.3 Å². The summed E-state index contributed by atoms with van der Waals surface area (Å²) < 4.78 is 44.6. The Kier molecular flexibility index (Phi) is 5.37. The molecule has 2 heterocycles. The molecule has 2 amide bonds. The van der Waals surface area contributed by atoms with Crippen LogP contribution in [0, 0.1) is 11.6 Å². The van der Waals surface area contributed by atoms with Crippen LogP contribution < -0.4 is 24.4 Å². The standard InChI is InChI=1S/C25H18F2N2O5/c1-32-19-5-3-2-4-16(19)22-23(28-15-7-9-20-21(13-15)34-11-10-33-20)25(31)29(24(22)30)18-8-6-14(26)12-17(18)27/h2-9,12-13,28H,10-11H2,1H3. The van der Waals surface area contributed by atoms with Gasteiger partial charge >= 0.3 is 0 Å². The fraction of sp³-hybridized carbons (Fsp3) is 0.120. The van der Waals surface area contributed by atoms with Crippen LogP contribution in [0.4, 0.5) is 20.2 Å². The fourth-order valence-electron chi connectivity index (χ4n) is 3.89. The van der Waals surface area contributed by atoms with Crippen molar-refractivity contribution in [2.24, 2.45) is 0 Å². The third-order valence-electron chi connectivity index (χ3n) is 5.42. The molecular weight excluding hydrogens is 446 g/mol. The lowest BCUT2D eigenvalue weighted by Gasteiger charge is -2.19. The van der Waals surface area contributed by atoms with E-state index in [1.54, 1.807) is 42.5 Å². The number of fused-ring (bicyclic) bond motifs is 1. The van der Waals surface area contributed by atoms with Gasteiger partial charge in [0, 0.05) is 23.4 Å². The number of hydrogen-bond donors (Lipinski definition) is 1. The molecule has 0 unspecified atom stereocenters. The molecule has 5 rings (SSSR count). The first-order chi connectivity index (χ1) is 16.5. The summed E-state index contributed by atoms with van der Waals surface area (Å²) in [6, 6.07) is 14.3. The Hall–Kier alpha value is -4.40. The van der Waals surface area contributed by atoms with Crippen LogP contribution in [0.2, 0.25) is 0 Å². The first kappa shape index (κ1) is 21.4. The van der Waals surface area contributed by atoms with E-state index in [-0.39, 0.29) is 17.0 Å². The summed E-state index contributed by atoms with van der Waals surface area (Å²) in [5.74, 6) is -2.06. The number of carbonyl (C=O) groups is 2. The van der Waals surface area contributed by atoms with E-state index >= 15 is 0 Å². The number of halogens is 2. The molecule has 3 aromatic rings. The summed E-state index contributed by atoms with van der Waals surface area (Å²) in [5, 5.41) is 2.98. The minimum Gasteiger partial charge on any atom is -0.496 e. The average Bonchev–Trinajstić information content (AvgIpc) is 3.08. The van der Waals surface area contributed by atoms with Gasteiger partial charge in [-0.3, -0.25) is 9.59 Å². The van der Waals surface area contributed by atoms with E-state index in [4.69, 9.17) is 14.2 Å². The van der Waals surface area contributed by atoms with E-state index in [1.165, 1.54) is 7.11 Å².